The van der Waals surface area contributed by atoms with Crippen molar-refractivity contribution < 1.29 is 0 Å². The van der Waals surface area contributed by atoms with Crippen LogP contribution in [-0.4, -0.2) is 29.4 Å². The van der Waals surface area contributed by atoms with Crippen molar-refractivity contribution in [3.8, 4) is 0 Å². The molecule has 3 rings (SSSR count). The van der Waals surface area contributed by atoms with Crippen LogP contribution >= 0.6 is 15.9 Å². The fourth-order valence-electron chi connectivity index (χ4n) is 4.21. The summed E-state index contributed by atoms with van der Waals surface area (Å²) in [4.78, 5) is 2.76. The Morgan fingerprint density at radius 1 is 1.13 bits per heavy atom. The zero-order valence-electron chi connectivity index (χ0n) is 9.50. The van der Waals surface area contributed by atoms with Gasteiger partial charge in [0.2, 0.25) is 0 Å². The lowest BCUT2D eigenvalue weighted by molar-refractivity contribution is 0.188. The Morgan fingerprint density at radius 2 is 2.07 bits per heavy atom. The molecule has 0 aromatic heterocycles. The summed E-state index contributed by atoms with van der Waals surface area (Å²) < 4.78 is 0. The number of alkyl halides is 1. The molecule has 3 aliphatic rings. The molecule has 1 heterocycles. The molecule has 0 amide bonds. The van der Waals surface area contributed by atoms with Crippen LogP contribution < -0.4 is 0 Å². The van der Waals surface area contributed by atoms with Crippen LogP contribution in [0.1, 0.15) is 38.5 Å². The van der Waals surface area contributed by atoms with Crippen molar-refractivity contribution >= 4 is 15.9 Å². The molecule has 4 atom stereocenters. The van der Waals surface area contributed by atoms with Gasteiger partial charge < -0.3 is 0 Å². The number of hydrogen-bond donors (Lipinski definition) is 0. The number of rotatable bonds is 3. The smallest absolute Gasteiger partial charge is 0.0193 e. The van der Waals surface area contributed by atoms with E-state index in [2.05, 4.69) is 20.8 Å². The molecule has 1 nitrogen and oxygen atoms in total. The van der Waals surface area contributed by atoms with Crippen molar-refractivity contribution in [1.82, 2.24) is 4.90 Å². The average Bonchev–Trinajstić information content (AvgIpc) is 2.92. The van der Waals surface area contributed by atoms with Crippen LogP contribution in [0.25, 0.3) is 0 Å². The van der Waals surface area contributed by atoms with Crippen molar-refractivity contribution in [3.05, 3.63) is 0 Å². The molecule has 0 aromatic rings. The zero-order chi connectivity index (χ0) is 10.3. The summed E-state index contributed by atoms with van der Waals surface area (Å²) in [7, 11) is 0. The van der Waals surface area contributed by atoms with E-state index in [-0.39, 0.29) is 0 Å². The quantitative estimate of drug-likeness (QED) is 0.713. The van der Waals surface area contributed by atoms with Gasteiger partial charge in [-0.15, -0.1) is 0 Å². The third-order valence-corrected chi connectivity index (χ3v) is 5.78. The van der Waals surface area contributed by atoms with Gasteiger partial charge in [-0.05, 0) is 56.4 Å². The molecule has 4 unspecified atom stereocenters. The highest BCUT2D eigenvalue weighted by molar-refractivity contribution is 9.09. The largest absolute Gasteiger partial charge is 0.299 e. The van der Waals surface area contributed by atoms with Crippen LogP contribution in [0.5, 0.6) is 0 Å². The van der Waals surface area contributed by atoms with E-state index in [1.165, 1.54) is 31.3 Å². The monoisotopic (exact) mass is 271 g/mol. The first-order valence-electron chi connectivity index (χ1n) is 6.67. The fourth-order valence-corrected chi connectivity index (χ4v) is 4.94. The lowest BCUT2D eigenvalue weighted by Crippen LogP contribution is -2.36. The summed E-state index contributed by atoms with van der Waals surface area (Å²) in [6.07, 6.45) is 9.06. The van der Waals surface area contributed by atoms with E-state index in [9.17, 15) is 0 Å². The fraction of sp³-hybridized carbons (Fsp3) is 1.00. The number of likely N-dealkylation sites (tertiary alicyclic amines) is 1. The van der Waals surface area contributed by atoms with Crippen molar-refractivity contribution in [2.45, 2.75) is 44.6 Å². The van der Waals surface area contributed by atoms with E-state index in [1.807, 2.05) is 0 Å². The van der Waals surface area contributed by atoms with Gasteiger partial charge in [0.15, 0.2) is 0 Å². The Hall–Kier alpha value is 0.440. The van der Waals surface area contributed by atoms with Crippen LogP contribution in [-0.2, 0) is 0 Å². The minimum atomic E-state index is 0.851. The minimum Gasteiger partial charge on any atom is -0.299 e. The summed E-state index contributed by atoms with van der Waals surface area (Å²) in [6, 6.07) is 0.851. The topological polar surface area (TPSA) is 3.24 Å². The van der Waals surface area contributed by atoms with E-state index >= 15 is 0 Å². The predicted octanol–water partition coefficient (Wildman–Crippen LogP) is 3.28. The molecule has 0 N–H and O–H groups in total. The molecule has 0 aromatic carbocycles. The molecular weight excluding hydrogens is 250 g/mol. The van der Waals surface area contributed by atoms with E-state index < -0.39 is 0 Å². The highest BCUT2D eigenvalue weighted by Gasteiger charge is 2.40. The van der Waals surface area contributed by atoms with Gasteiger partial charge >= 0.3 is 0 Å². The molecule has 1 saturated heterocycles. The average molecular weight is 272 g/mol. The van der Waals surface area contributed by atoms with Crippen LogP contribution in [0.4, 0.5) is 0 Å². The predicted molar refractivity (Wildman–Crippen MR) is 67.3 cm³/mol. The van der Waals surface area contributed by atoms with Gasteiger partial charge in [-0.25, -0.2) is 0 Å². The van der Waals surface area contributed by atoms with Gasteiger partial charge in [0.05, 0.1) is 0 Å². The molecule has 1 aliphatic heterocycles. The normalized spacial score (nSPS) is 45.4. The van der Waals surface area contributed by atoms with Crippen molar-refractivity contribution in [2.24, 2.45) is 17.8 Å². The summed E-state index contributed by atoms with van der Waals surface area (Å²) in [5, 5.41) is 1.19. The zero-order valence-corrected chi connectivity index (χ0v) is 11.1. The molecule has 3 fully saturated rings. The van der Waals surface area contributed by atoms with Crippen LogP contribution in [0.2, 0.25) is 0 Å². The molecular formula is C13H22BrN. The summed E-state index contributed by atoms with van der Waals surface area (Å²) in [6.45, 7) is 2.78. The molecule has 15 heavy (non-hydrogen) atoms. The second-order valence-corrected chi connectivity index (χ2v) is 6.53. The van der Waals surface area contributed by atoms with Gasteiger partial charge in [-0.3, -0.25) is 4.90 Å². The summed E-state index contributed by atoms with van der Waals surface area (Å²) in [5.41, 5.74) is 0. The highest BCUT2D eigenvalue weighted by Crippen LogP contribution is 2.48. The first-order valence-corrected chi connectivity index (χ1v) is 7.79. The van der Waals surface area contributed by atoms with Gasteiger partial charge in [0.1, 0.15) is 0 Å². The third-order valence-electron chi connectivity index (χ3n) is 5.03. The molecule has 2 aliphatic carbocycles. The Balaban J connectivity index is 1.56. The molecule has 2 saturated carbocycles. The first-order chi connectivity index (χ1) is 7.36. The maximum absolute atomic E-state index is 3.67. The second-order valence-electron chi connectivity index (χ2n) is 5.88. The Bertz CT molecular complexity index is 227. The van der Waals surface area contributed by atoms with Gasteiger partial charge in [-0.1, -0.05) is 22.4 Å². The second kappa shape index (κ2) is 4.37. The summed E-state index contributed by atoms with van der Waals surface area (Å²) in [5.74, 6) is 3.28. The minimum absolute atomic E-state index is 0.851. The molecule has 0 radical (unpaired) electrons. The van der Waals surface area contributed by atoms with Gasteiger partial charge in [0.25, 0.3) is 0 Å². The van der Waals surface area contributed by atoms with Crippen LogP contribution in [0.15, 0.2) is 0 Å². The van der Waals surface area contributed by atoms with Crippen molar-refractivity contribution in [2.75, 3.05) is 18.4 Å². The van der Waals surface area contributed by atoms with E-state index in [1.54, 1.807) is 25.7 Å². The first kappa shape index (κ1) is 10.6. The maximum atomic E-state index is 3.67. The van der Waals surface area contributed by atoms with Gasteiger partial charge in [0, 0.05) is 17.9 Å². The van der Waals surface area contributed by atoms with Crippen molar-refractivity contribution in [3.63, 3.8) is 0 Å². The molecule has 0 spiro atoms. The Kier molecular flexibility index (Phi) is 3.08. The van der Waals surface area contributed by atoms with Gasteiger partial charge in [-0.2, -0.15) is 0 Å². The molecule has 2 bridgehead atoms. The van der Waals surface area contributed by atoms with E-state index in [4.69, 9.17) is 0 Å². The highest BCUT2D eigenvalue weighted by atomic mass is 79.9. The molecule has 86 valence electrons. The van der Waals surface area contributed by atoms with Crippen LogP contribution in [0.3, 0.4) is 0 Å². The lowest BCUT2D eigenvalue weighted by atomic mass is 9.88. The molecule has 2 heteroatoms. The van der Waals surface area contributed by atoms with E-state index in [0.29, 0.717) is 0 Å². The van der Waals surface area contributed by atoms with E-state index in [0.717, 1.165) is 23.8 Å². The third kappa shape index (κ3) is 2.00. The number of hydrogen-bond acceptors (Lipinski definition) is 1. The Morgan fingerprint density at radius 3 is 2.73 bits per heavy atom. The van der Waals surface area contributed by atoms with Crippen LogP contribution in [0, 0.1) is 17.8 Å². The maximum Gasteiger partial charge on any atom is 0.0193 e. The standard InChI is InChI=1S/C13H22BrN/c14-8-13-2-1-5-15(13)9-12-7-10-3-4-11(12)6-10/h10-13H,1-9H2. The number of halogens is 1. The lowest BCUT2D eigenvalue weighted by Gasteiger charge is -2.30. The number of fused-ring (bicyclic) bond motifs is 2. The summed E-state index contributed by atoms with van der Waals surface area (Å²) >= 11 is 3.67. The SMILES string of the molecule is BrCC1CCCN1CC1CC2CCC1C2. The van der Waals surface area contributed by atoms with Crippen molar-refractivity contribution in [1.29, 1.82) is 0 Å². The Labute approximate surface area is 102 Å². The number of nitrogens with zero attached hydrogens (tertiary/aromatic N) is 1.